The van der Waals surface area contributed by atoms with Crippen LogP contribution in [0.2, 0.25) is 0 Å². The molecule has 1 aliphatic rings. The van der Waals surface area contributed by atoms with Crippen LogP contribution >= 0.6 is 15.9 Å². The first-order valence-electron chi connectivity index (χ1n) is 7.37. The third kappa shape index (κ3) is 5.58. The SMILES string of the molecule is CCCOC1CCCN(CC(CBr)C(C)(C)C)C1. The number of likely N-dealkylation sites (tertiary alicyclic amines) is 1. The van der Waals surface area contributed by atoms with Crippen molar-refractivity contribution in [2.45, 2.75) is 53.1 Å². The molecule has 0 aromatic rings. The predicted molar refractivity (Wildman–Crippen MR) is 82.4 cm³/mol. The molecule has 0 N–H and O–H groups in total. The standard InChI is InChI=1S/C15H30BrNO/c1-5-9-18-14-7-6-8-17(12-14)11-13(10-16)15(2,3)4/h13-14H,5-12H2,1-4H3. The van der Waals surface area contributed by atoms with E-state index in [0.29, 0.717) is 17.4 Å². The molecule has 1 saturated heterocycles. The van der Waals surface area contributed by atoms with E-state index in [-0.39, 0.29) is 0 Å². The average Bonchev–Trinajstić information content (AvgIpc) is 2.32. The monoisotopic (exact) mass is 319 g/mol. The summed E-state index contributed by atoms with van der Waals surface area (Å²) in [5.41, 5.74) is 0.376. The van der Waals surface area contributed by atoms with Crippen LogP contribution < -0.4 is 0 Å². The lowest BCUT2D eigenvalue weighted by Crippen LogP contribution is -2.44. The minimum Gasteiger partial charge on any atom is -0.377 e. The van der Waals surface area contributed by atoms with Crippen molar-refractivity contribution < 1.29 is 4.74 Å². The molecule has 1 rings (SSSR count). The van der Waals surface area contributed by atoms with Gasteiger partial charge >= 0.3 is 0 Å². The zero-order valence-electron chi connectivity index (χ0n) is 12.5. The van der Waals surface area contributed by atoms with E-state index in [1.807, 2.05) is 0 Å². The molecular weight excluding hydrogens is 290 g/mol. The highest BCUT2D eigenvalue weighted by atomic mass is 79.9. The normalized spacial score (nSPS) is 24.2. The largest absolute Gasteiger partial charge is 0.377 e. The van der Waals surface area contributed by atoms with Crippen molar-refractivity contribution >= 4 is 15.9 Å². The fourth-order valence-electron chi connectivity index (χ4n) is 2.47. The molecule has 0 bridgehead atoms. The Morgan fingerprint density at radius 2 is 2.11 bits per heavy atom. The van der Waals surface area contributed by atoms with Crippen molar-refractivity contribution in [3.8, 4) is 0 Å². The van der Waals surface area contributed by atoms with Gasteiger partial charge in [-0.05, 0) is 37.1 Å². The summed E-state index contributed by atoms with van der Waals surface area (Å²) in [6.07, 6.45) is 4.12. The molecule has 0 aliphatic carbocycles. The van der Waals surface area contributed by atoms with Crippen molar-refractivity contribution in [2.24, 2.45) is 11.3 Å². The molecule has 0 aromatic carbocycles. The zero-order valence-corrected chi connectivity index (χ0v) is 14.1. The first kappa shape index (κ1) is 16.5. The Morgan fingerprint density at radius 3 is 2.67 bits per heavy atom. The summed E-state index contributed by atoms with van der Waals surface area (Å²) in [5, 5.41) is 1.09. The number of ether oxygens (including phenoxy) is 1. The lowest BCUT2D eigenvalue weighted by Gasteiger charge is -2.38. The molecule has 1 fully saturated rings. The minimum absolute atomic E-state index is 0.376. The summed E-state index contributed by atoms with van der Waals surface area (Å²) in [7, 11) is 0. The fraction of sp³-hybridized carbons (Fsp3) is 1.00. The topological polar surface area (TPSA) is 12.5 Å². The van der Waals surface area contributed by atoms with Crippen molar-refractivity contribution in [3.05, 3.63) is 0 Å². The van der Waals surface area contributed by atoms with Gasteiger partial charge in [-0.1, -0.05) is 43.6 Å². The fourth-order valence-corrected chi connectivity index (χ4v) is 3.64. The van der Waals surface area contributed by atoms with E-state index < -0.39 is 0 Å². The van der Waals surface area contributed by atoms with Gasteiger partial charge in [-0.25, -0.2) is 0 Å². The van der Waals surface area contributed by atoms with Crippen molar-refractivity contribution in [1.82, 2.24) is 4.90 Å². The number of rotatable bonds is 6. The average molecular weight is 320 g/mol. The summed E-state index contributed by atoms with van der Waals surface area (Å²) >= 11 is 3.68. The highest BCUT2D eigenvalue weighted by molar-refractivity contribution is 9.09. The van der Waals surface area contributed by atoms with E-state index in [1.54, 1.807) is 0 Å². The van der Waals surface area contributed by atoms with Gasteiger partial charge in [-0.2, -0.15) is 0 Å². The maximum absolute atomic E-state index is 5.91. The zero-order chi connectivity index (χ0) is 13.6. The first-order chi connectivity index (χ1) is 8.47. The Hall–Kier alpha value is 0.400. The summed E-state index contributed by atoms with van der Waals surface area (Å²) in [6, 6.07) is 0. The van der Waals surface area contributed by atoms with Gasteiger partial charge in [0, 0.05) is 25.0 Å². The molecule has 2 unspecified atom stereocenters. The number of halogens is 1. The molecular formula is C15H30BrNO. The molecule has 2 atom stereocenters. The molecule has 0 aromatic heterocycles. The number of hydrogen-bond acceptors (Lipinski definition) is 2. The third-order valence-electron chi connectivity index (χ3n) is 3.91. The summed E-state index contributed by atoms with van der Waals surface area (Å²) in [5.74, 6) is 0.711. The van der Waals surface area contributed by atoms with E-state index in [2.05, 4.69) is 48.5 Å². The predicted octanol–water partition coefficient (Wildman–Crippen LogP) is 3.93. The Morgan fingerprint density at radius 1 is 1.39 bits per heavy atom. The Balaban J connectivity index is 2.41. The number of nitrogens with zero attached hydrogens (tertiary/aromatic N) is 1. The van der Waals surface area contributed by atoms with Gasteiger partial charge in [0.25, 0.3) is 0 Å². The van der Waals surface area contributed by atoms with E-state index in [0.717, 1.165) is 24.9 Å². The maximum atomic E-state index is 5.91. The Bertz CT molecular complexity index is 227. The molecule has 0 spiro atoms. The summed E-state index contributed by atoms with van der Waals surface area (Å²) < 4.78 is 5.91. The van der Waals surface area contributed by atoms with Gasteiger partial charge in [0.2, 0.25) is 0 Å². The van der Waals surface area contributed by atoms with Crippen LogP contribution in [0.4, 0.5) is 0 Å². The van der Waals surface area contributed by atoms with Crippen molar-refractivity contribution in [2.75, 3.05) is 31.6 Å². The third-order valence-corrected chi connectivity index (χ3v) is 4.69. The van der Waals surface area contributed by atoms with E-state index in [1.165, 1.54) is 25.9 Å². The van der Waals surface area contributed by atoms with Gasteiger partial charge in [0.05, 0.1) is 6.10 Å². The van der Waals surface area contributed by atoms with Crippen LogP contribution in [-0.4, -0.2) is 42.6 Å². The molecule has 0 radical (unpaired) electrons. The molecule has 1 aliphatic heterocycles. The van der Waals surface area contributed by atoms with Crippen molar-refractivity contribution in [3.63, 3.8) is 0 Å². The van der Waals surface area contributed by atoms with Crippen LogP contribution in [0.5, 0.6) is 0 Å². The number of hydrogen-bond donors (Lipinski definition) is 0. The van der Waals surface area contributed by atoms with Crippen molar-refractivity contribution in [1.29, 1.82) is 0 Å². The van der Waals surface area contributed by atoms with Crippen LogP contribution in [0.1, 0.15) is 47.0 Å². The Labute approximate surface area is 122 Å². The van der Waals surface area contributed by atoms with Crippen LogP contribution in [0, 0.1) is 11.3 Å². The highest BCUT2D eigenvalue weighted by Gasteiger charge is 2.28. The lowest BCUT2D eigenvalue weighted by molar-refractivity contribution is -0.00745. The maximum Gasteiger partial charge on any atom is 0.0702 e. The highest BCUT2D eigenvalue weighted by Crippen LogP contribution is 2.29. The lowest BCUT2D eigenvalue weighted by atomic mass is 9.81. The van der Waals surface area contributed by atoms with E-state index >= 15 is 0 Å². The molecule has 108 valence electrons. The second-order valence-corrected chi connectivity index (χ2v) is 7.26. The van der Waals surface area contributed by atoms with Gasteiger partial charge in [-0.3, -0.25) is 0 Å². The molecule has 18 heavy (non-hydrogen) atoms. The van der Waals surface area contributed by atoms with E-state index in [4.69, 9.17) is 4.74 Å². The molecule has 2 nitrogen and oxygen atoms in total. The van der Waals surface area contributed by atoms with Crippen LogP contribution in [0.3, 0.4) is 0 Å². The molecule has 0 saturated carbocycles. The van der Waals surface area contributed by atoms with Gasteiger partial charge in [0.1, 0.15) is 0 Å². The molecule has 3 heteroatoms. The molecule has 0 amide bonds. The van der Waals surface area contributed by atoms with Gasteiger partial charge in [-0.15, -0.1) is 0 Å². The summed E-state index contributed by atoms with van der Waals surface area (Å²) in [6.45, 7) is 13.7. The van der Waals surface area contributed by atoms with Crippen LogP contribution in [-0.2, 0) is 4.74 Å². The molecule has 1 heterocycles. The number of piperidine rings is 1. The van der Waals surface area contributed by atoms with Gasteiger partial charge < -0.3 is 9.64 Å². The van der Waals surface area contributed by atoms with Crippen LogP contribution in [0.25, 0.3) is 0 Å². The van der Waals surface area contributed by atoms with Gasteiger partial charge in [0.15, 0.2) is 0 Å². The van der Waals surface area contributed by atoms with E-state index in [9.17, 15) is 0 Å². The second kappa shape index (κ2) is 7.86. The first-order valence-corrected chi connectivity index (χ1v) is 8.49. The summed E-state index contributed by atoms with van der Waals surface area (Å²) in [4.78, 5) is 2.60. The minimum atomic E-state index is 0.376. The second-order valence-electron chi connectivity index (χ2n) is 6.61. The quantitative estimate of drug-likeness (QED) is 0.688. The number of alkyl halides is 1. The Kier molecular flexibility index (Phi) is 7.19. The van der Waals surface area contributed by atoms with Crippen LogP contribution in [0.15, 0.2) is 0 Å². The smallest absolute Gasteiger partial charge is 0.0702 e.